The van der Waals surface area contributed by atoms with Gasteiger partial charge >= 0.3 is 0 Å². The van der Waals surface area contributed by atoms with E-state index in [-0.39, 0.29) is 10.8 Å². The maximum absolute atomic E-state index is 6.14. The molecule has 0 atom stereocenters. The molecule has 0 fully saturated rings. The van der Waals surface area contributed by atoms with Gasteiger partial charge in [0, 0.05) is 6.54 Å². The average molecular weight is 485 g/mol. The van der Waals surface area contributed by atoms with Crippen molar-refractivity contribution in [2.24, 2.45) is 0 Å². The molecule has 0 bridgehead atoms. The highest BCUT2D eigenvalue weighted by Crippen LogP contribution is 2.26. The van der Waals surface area contributed by atoms with Gasteiger partial charge in [0.05, 0.1) is 17.6 Å². The number of fused-ring (bicyclic) bond motifs is 1. The van der Waals surface area contributed by atoms with E-state index in [2.05, 4.69) is 113 Å². The Balaban J connectivity index is 1.34. The van der Waals surface area contributed by atoms with Crippen molar-refractivity contribution >= 4 is 11.0 Å². The van der Waals surface area contributed by atoms with Gasteiger partial charge in [-0.2, -0.15) is 0 Å². The maximum Gasteiger partial charge on any atom is 0.147 e. The maximum atomic E-state index is 6.14. The number of ether oxygens (including phenoxy) is 2. The molecule has 0 aliphatic carbocycles. The summed E-state index contributed by atoms with van der Waals surface area (Å²) in [5.41, 5.74) is 5.07. The second kappa shape index (κ2) is 10.8. The summed E-state index contributed by atoms with van der Waals surface area (Å²) >= 11 is 0. The van der Waals surface area contributed by atoms with Gasteiger partial charge in [0.25, 0.3) is 0 Å². The Bertz CT molecular complexity index is 1260. The van der Waals surface area contributed by atoms with E-state index in [1.807, 2.05) is 6.07 Å². The first kappa shape index (κ1) is 25.8. The van der Waals surface area contributed by atoms with Crippen LogP contribution < -0.4 is 9.47 Å². The topological polar surface area (TPSA) is 36.3 Å². The van der Waals surface area contributed by atoms with Crippen LogP contribution in [0.15, 0.2) is 72.8 Å². The van der Waals surface area contributed by atoms with Crippen LogP contribution in [0.5, 0.6) is 11.5 Å². The first-order valence-electron chi connectivity index (χ1n) is 13.0. The third-order valence-corrected chi connectivity index (χ3v) is 6.59. The number of hydrogen-bond acceptors (Lipinski definition) is 3. The highest BCUT2D eigenvalue weighted by molar-refractivity contribution is 5.75. The Labute approximate surface area is 216 Å². The summed E-state index contributed by atoms with van der Waals surface area (Å²) in [6.07, 6.45) is 1.98. The van der Waals surface area contributed by atoms with Crippen molar-refractivity contribution in [1.29, 1.82) is 0 Å². The molecule has 1 heterocycles. The molecule has 0 N–H and O–H groups in total. The average Bonchev–Trinajstić information content (AvgIpc) is 3.19. The van der Waals surface area contributed by atoms with Crippen molar-refractivity contribution in [3.63, 3.8) is 0 Å². The van der Waals surface area contributed by atoms with Gasteiger partial charge in [0.15, 0.2) is 0 Å². The van der Waals surface area contributed by atoms with Crippen molar-refractivity contribution in [3.8, 4) is 11.5 Å². The zero-order valence-electron chi connectivity index (χ0n) is 22.7. The summed E-state index contributed by atoms with van der Waals surface area (Å²) in [4.78, 5) is 4.87. The molecule has 4 rings (SSSR count). The molecular weight excluding hydrogens is 444 g/mol. The zero-order chi connectivity index (χ0) is 25.8. The number of rotatable bonds is 9. The lowest BCUT2D eigenvalue weighted by molar-refractivity contribution is 0.285. The number of aromatic nitrogens is 2. The number of para-hydroxylation sites is 2. The molecule has 0 radical (unpaired) electrons. The van der Waals surface area contributed by atoms with Crippen molar-refractivity contribution < 1.29 is 9.47 Å². The standard InChI is InChI=1S/C32H40N2O2/c1-31(2,3)24-13-17-26(18-14-24)35-22-10-9-21-34-29-12-8-7-11-28(29)33-30(34)23-36-27-19-15-25(16-20-27)32(4,5)6/h7-8,11-20H,9-10,21-23H2,1-6H3. The molecule has 0 amide bonds. The monoisotopic (exact) mass is 484 g/mol. The highest BCUT2D eigenvalue weighted by atomic mass is 16.5. The van der Waals surface area contributed by atoms with E-state index < -0.39 is 0 Å². The molecule has 1 aromatic heterocycles. The van der Waals surface area contributed by atoms with Crippen LogP contribution in [0.4, 0.5) is 0 Å². The van der Waals surface area contributed by atoms with Gasteiger partial charge in [-0.05, 0) is 71.2 Å². The van der Waals surface area contributed by atoms with Gasteiger partial charge in [0.2, 0.25) is 0 Å². The summed E-state index contributed by atoms with van der Waals surface area (Å²) in [6, 6.07) is 25.2. The van der Waals surface area contributed by atoms with Crippen LogP contribution in [0.1, 0.15) is 71.3 Å². The van der Waals surface area contributed by atoms with Crippen molar-refractivity contribution in [2.75, 3.05) is 6.61 Å². The Morgan fingerprint density at radius 2 is 1.22 bits per heavy atom. The molecule has 0 aliphatic rings. The smallest absolute Gasteiger partial charge is 0.147 e. The lowest BCUT2D eigenvalue weighted by Crippen LogP contribution is -2.11. The first-order chi connectivity index (χ1) is 17.1. The molecule has 0 saturated carbocycles. The summed E-state index contributed by atoms with van der Waals surface area (Å²) in [5.74, 6) is 2.75. The fourth-order valence-corrected chi connectivity index (χ4v) is 4.30. The Kier molecular flexibility index (Phi) is 7.73. The molecule has 4 nitrogen and oxygen atoms in total. The SMILES string of the molecule is CC(C)(C)c1ccc(OCCCCn2c(COc3ccc(C(C)(C)C)cc3)nc3ccccc32)cc1. The van der Waals surface area contributed by atoms with Crippen LogP contribution in [0, 0.1) is 0 Å². The van der Waals surface area contributed by atoms with Crippen LogP contribution in [-0.2, 0) is 24.0 Å². The molecule has 0 spiro atoms. The molecule has 0 saturated heterocycles. The van der Waals surface area contributed by atoms with Gasteiger partial charge < -0.3 is 14.0 Å². The molecule has 190 valence electrons. The molecule has 0 unspecified atom stereocenters. The fourth-order valence-electron chi connectivity index (χ4n) is 4.30. The molecule has 36 heavy (non-hydrogen) atoms. The quantitative estimate of drug-likeness (QED) is 0.225. The molecule has 3 aromatic carbocycles. The lowest BCUT2D eigenvalue weighted by atomic mass is 9.87. The molecule has 4 aromatic rings. The minimum atomic E-state index is 0.131. The summed E-state index contributed by atoms with van der Waals surface area (Å²) in [5, 5.41) is 0. The molecular formula is C32H40N2O2. The summed E-state index contributed by atoms with van der Waals surface area (Å²) < 4.78 is 14.4. The Morgan fingerprint density at radius 3 is 1.81 bits per heavy atom. The van der Waals surface area contributed by atoms with Gasteiger partial charge in [-0.25, -0.2) is 4.98 Å². The van der Waals surface area contributed by atoms with E-state index in [1.54, 1.807) is 0 Å². The van der Waals surface area contributed by atoms with Gasteiger partial charge in [0.1, 0.15) is 23.9 Å². The lowest BCUT2D eigenvalue weighted by Gasteiger charge is -2.19. The van der Waals surface area contributed by atoms with Crippen LogP contribution >= 0.6 is 0 Å². The van der Waals surface area contributed by atoms with Crippen molar-refractivity contribution in [3.05, 3.63) is 89.7 Å². The normalized spacial score (nSPS) is 12.2. The highest BCUT2D eigenvalue weighted by Gasteiger charge is 2.15. The number of benzene rings is 3. The number of unbranched alkanes of at least 4 members (excludes halogenated alkanes) is 1. The minimum absolute atomic E-state index is 0.131. The van der Waals surface area contributed by atoms with E-state index in [0.717, 1.165) is 47.7 Å². The minimum Gasteiger partial charge on any atom is -0.494 e. The van der Waals surface area contributed by atoms with Crippen molar-refractivity contribution in [2.45, 2.75) is 78.4 Å². The first-order valence-corrected chi connectivity index (χ1v) is 13.0. The predicted molar refractivity (Wildman–Crippen MR) is 149 cm³/mol. The largest absolute Gasteiger partial charge is 0.494 e. The van der Waals surface area contributed by atoms with Crippen molar-refractivity contribution in [1.82, 2.24) is 9.55 Å². The van der Waals surface area contributed by atoms with E-state index in [1.165, 1.54) is 11.1 Å². The van der Waals surface area contributed by atoms with Crippen LogP contribution in [0.25, 0.3) is 11.0 Å². The number of aryl methyl sites for hydroxylation is 1. The summed E-state index contributed by atoms with van der Waals surface area (Å²) in [7, 11) is 0. The molecule has 0 aliphatic heterocycles. The van der Waals surface area contributed by atoms with E-state index in [4.69, 9.17) is 14.5 Å². The summed E-state index contributed by atoms with van der Waals surface area (Å²) in [6.45, 7) is 15.4. The van der Waals surface area contributed by atoms with Gasteiger partial charge in [-0.3, -0.25) is 0 Å². The van der Waals surface area contributed by atoms with Crippen LogP contribution in [0.3, 0.4) is 0 Å². The second-order valence-electron chi connectivity index (χ2n) is 11.6. The van der Waals surface area contributed by atoms with E-state index >= 15 is 0 Å². The van der Waals surface area contributed by atoms with Crippen LogP contribution in [-0.4, -0.2) is 16.2 Å². The predicted octanol–water partition coefficient (Wildman–Crippen LogP) is 8.07. The van der Waals surface area contributed by atoms with Gasteiger partial charge in [-0.15, -0.1) is 0 Å². The Hall–Kier alpha value is -3.27. The number of nitrogens with zero attached hydrogens (tertiary/aromatic N) is 2. The van der Waals surface area contributed by atoms with E-state index in [9.17, 15) is 0 Å². The Morgan fingerprint density at radius 1 is 0.667 bits per heavy atom. The third-order valence-electron chi connectivity index (χ3n) is 6.59. The second-order valence-corrected chi connectivity index (χ2v) is 11.6. The third kappa shape index (κ3) is 6.48. The molecule has 4 heteroatoms. The number of hydrogen-bond donors (Lipinski definition) is 0. The van der Waals surface area contributed by atoms with Crippen LogP contribution in [0.2, 0.25) is 0 Å². The van der Waals surface area contributed by atoms with Gasteiger partial charge in [-0.1, -0.05) is 77.9 Å². The number of imidazole rings is 1. The zero-order valence-corrected chi connectivity index (χ0v) is 22.7. The van der Waals surface area contributed by atoms with E-state index in [0.29, 0.717) is 13.2 Å². The fraction of sp³-hybridized carbons (Fsp3) is 0.406.